The summed E-state index contributed by atoms with van der Waals surface area (Å²) in [4.78, 5) is 23.8. The van der Waals surface area contributed by atoms with Crippen LogP contribution < -0.4 is 0 Å². The molecule has 2 aromatic carbocycles. The highest BCUT2D eigenvalue weighted by molar-refractivity contribution is 5.78. The van der Waals surface area contributed by atoms with Gasteiger partial charge in [0.2, 0.25) is 5.91 Å². The molecule has 34 heavy (non-hydrogen) atoms. The third-order valence-corrected chi connectivity index (χ3v) is 5.72. The molecular formula is C26H21F2N5O. The lowest BCUT2D eigenvalue weighted by atomic mass is 10.0. The molecule has 0 saturated heterocycles. The van der Waals surface area contributed by atoms with Crippen LogP contribution in [0.5, 0.6) is 0 Å². The largest absolute Gasteiger partial charge is 0.337 e. The number of aromatic nitrogens is 4. The molecule has 1 aliphatic rings. The van der Waals surface area contributed by atoms with Crippen LogP contribution in [0.4, 0.5) is 8.78 Å². The Morgan fingerprint density at radius 2 is 1.62 bits per heavy atom. The molecule has 0 bridgehead atoms. The maximum Gasteiger partial charge on any atom is 0.244 e. The van der Waals surface area contributed by atoms with Crippen LogP contribution in [-0.2, 0) is 11.3 Å². The molecule has 0 fully saturated rings. The monoisotopic (exact) mass is 457 g/mol. The number of carbonyl (C=O) groups is 1. The van der Waals surface area contributed by atoms with E-state index in [2.05, 4.69) is 15.1 Å². The zero-order valence-electron chi connectivity index (χ0n) is 18.2. The van der Waals surface area contributed by atoms with Gasteiger partial charge in [-0.2, -0.15) is 0 Å². The predicted molar refractivity (Wildman–Crippen MR) is 124 cm³/mol. The Bertz CT molecular complexity index is 1330. The molecule has 0 atom stereocenters. The molecule has 0 N–H and O–H groups in total. The maximum atomic E-state index is 13.5. The predicted octanol–water partition coefficient (Wildman–Crippen LogP) is 4.60. The molecule has 0 aliphatic carbocycles. The first-order valence-electron chi connectivity index (χ1n) is 10.9. The van der Waals surface area contributed by atoms with Gasteiger partial charge >= 0.3 is 0 Å². The molecule has 1 aliphatic heterocycles. The first-order chi connectivity index (χ1) is 16.6. The van der Waals surface area contributed by atoms with E-state index in [0.717, 1.165) is 11.3 Å². The minimum absolute atomic E-state index is 0.0202. The van der Waals surface area contributed by atoms with E-state index in [1.165, 1.54) is 28.9 Å². The molecule has 0 radical (unpaired) electrons. The third-order valence-electron chi connectivity index (χ3n) is 5.72. The Balaban J connectivity index is 1.40. The van der Waals surface area contributed by atoms with Crippen molar-refractivity contribution in [1.82, 2.24) is 24.6 Å². The number of pyridine rings is 1. The van der Waals surface area contributed by atoms with E-state index < -0.39 is 0 Å². The number of hydrogen-bond acceptors (Lipinski definition) is 4. The Hall–Kier alpha value is -4.20. The van der Waals surface area contributed by atoms with Crippen LogP contribution in [0.25, 0.3) is 28.3 Å². The lowest BCUT2D eigenvalue weighted by Gasteiger charge is -2.26. The van der Waals surface area contributed by atoms with Crippen LogP contribution in [-0.4, -0.2) is 43.6 Å². The maximum absolute atomic E-state index is 13.5. The zero-order chi connectivity index (χ0) is 23.5. The van der Waals surface area contributed by atoms with Crippen molar-refractivity contribution in [2.24, 2.45) is 0 Å². The number of amides is 1. The van der Waals surface area contributed by atoms with Crippen molar-refractivity contribution < 1.29 is 13.6 Å². The standard InChI is InChI=1S/C26H21F2N5O/c27-21-8-4-19(5-9-21)25-30-26(20-6-10-22(28)11-7-20)33(31-25)17-24(34)32-15-12-18(13-16-32)23-3-1-2-14-29-23/h1-12,14H,13,15-17H2. The van der Waals surface area contributed by atoms with E-state index in [0.29, 0.717) is 42.3 Å². The van der Waals surface area contributed by atoms with Crippen molar-refractivity contribution in [3.05, 3.63) is 96.3 Å². The molecule has 6 nitrogen and oxygen atoms in total. The van der Waals surface area contributed by atoms with Gasteiger partial charge in [-0.3, -0.25) is 9.78 Å². The highest BCUT2D eigenvalue weighted by atomic mass is 19.1. The number of carbonyl (C=O) groups excluding carboxylic acids is 1. The van der Waals surface area contributed by atoms with Crippen LogP contribution >= 0.6 is 0 Å². The summed E-state index contributed by atoms with van der Waals surface area (Å²) < 4.78 is 28.4. The van der Waals surface area contributed by atoms with Crippen molar-refractivity contribution in [3.63, 3.8) is 0 Å². The van der Waals surface area contributed by atoms with E-state index in [1.807, 2.05) is 24.3 Å². The van der Waals surface area contributed by atoms with Gasteiger partial charge in [-0.1, -0.05) is 12.1 Å². The molecule has 3 heterocycles. The number of benzene rings is 2. The highest BCUT2D eigenvalue weighted by Gasteiger charge is 2.22. The molecule has 0 unspecified atom stereocenters. The summed E-state index contributed by atoms with van der Waals surface area (Å²) in [5, 5.41) is 4.52. The van der Waals surface area contributed by atoms with Crippen molar-refractivity contribution in [3.8, 4) is 22.8 Å². The van der Waals surface area contributed by atoms with Crippen LogP contribution in [0.3, 0.4) is 0 Å². The Morgan fingerprint density at radius 1 is 0.912 bits per heavy atom. The van der Waals surface area contributed by atoms with Crippen molar-refractivity contribution in [1.29, 1.82) is 0 Å². The van der Waals surface area contributed by atoms with Crippen LogP contribution in [0.15, 0.2) is 79.0 Å². The molecule has 1 amide bonds. The second-order valence-electron chi connectivity index (χ2n) is 7.96. The van der Waals surface area contributed by atoms with E-state index in [9.17, 15) is 13.6 Å². The quantitative estimate of drug-likeness (QED) is 0.439. The van der Waals surface area contributed by atoms with Gasteiger partial charge in [0.05, 0.1) is 5.69 Å². The lowest BCUT2D eigenvalue weighted by molar-refractivity contribution is -0.131. The minimum atomic E-state index is -0.367. The molecule has 170 valence electrons. The van der Waals surface area contributed by atoms with Crippen molar-refractivity contribution in [2.75, 3.05) is 13.1 Å². The third kappa shape index (κ3) is 4.61. The first-order valence-corrected chi connectivity index (χ1v) is 10.9. The number of nitrogens with zero attached hydrogens (tertiary/aromatic N) is 5. The van der Waals surface area contributed by atoms with Gasteiger partial charge in [-0.15, -0.1) is 5.10 Å². The van der Waals surface area contributed by atoms with Gasteiger partial charge in [0, 0.05) is 30.4 Å². The fourth-order valence-electron chi connectivity index (χ4n) is 3.90. The second-order valence-corrected chi connectivity index (χ2v) is 7.96. The molecular weight excluding hydrogens is 436 g/mol. The first kappa shape index (κ1) is 21.6. The zero-order valence-corrected chi connectivity index (χ0v) is 18.2. The van der Waals surface area contributed by atoms with Gasteiger partial charge in [0.25, 0.3) is 0 Å². The fraction of sp³-hybridized carbons (Fsp3) is 0.154. The number of hydrogen-bond donors (Lipinski definition) is 0. The molecule has 8 heteroatoms. The summed E-state index contributed by atoms with van der Waals surface area (Å²) in [6.45, 7) is 1.04. The summed E-state index contributed by atoms with van der Waals surface area (Å²) in [6, 6.07) is 17.5. The van der Waals surface area contributed by atoms with E-state index in [-0.39, 0.29) is 24.1 Å². The van der Waals surface area contributed by atoms with Crippen LogP contribution in [0, 0.1) is 11.6 Å². The smallest absolute Gasteiger partial charge is 0.244 e. The topological polar surface area (TPSA) is 63.9 Å². The normalized spacial score (nSPS) is 13.6. The van der Waals surface area contributed by atoms with Gasteiger partial charge in [0.1, 0.15) is 18.2 Å². The average molecular weight is 457 g/mol. The van der Waals surface area contributed by atoms with Gasteiger partial charge in [0.15, 0.2) is 11.6 Å². The lowest BCUT2D eigenvalue weighted by Crippen LogP contribution is -2.37. The summed E-state index contributed by atoms with van der Waals surface area (Å²) in [5.41, 5.74) is 3.30. The molecule has 0 saturated carbocycles. The second kappa shape index (κ2) is 9.35. The minimum Gasteiger partial charge on any atom is -0.337 e. The van der Waals surface area contributed by atoms with E-state index >= 15 is 0 Å². The van der Waals surface area contributed by atoms with E-state index in [1.54, 1.807) is 35.4 Å². The number of halogens is 2. The van der Waals surface area contributed by atoms with Gasteiger partial charge < -0.3 is 4.90 Å². The summed E-state index contributed by atoms with van der Waals surface area (Å²) in [7, 11) is 0. The molecule has 2 aromatic heterocycles. The highest BCUT2D eigenvalue weighted by Crippen LogP contribution is 2.24. The van der Waals surface area contributed by atoms with Crippen molar-refractivity contribution in [2.45, 2.75) is 13.0 Å². The molecule has 0 spiro atoms. The molecule has 5 rings (SSSR count). The fourth-order valence-corrected chi connectivity index (χ4v) is 3.90. The SMILES string of the molecule is O=C(Cn1nc(-c2ccc(F)cc2)nc1-c1ccc(F)cc1)N1CC=C(c2ccccn2)CC1. The Morgan fingerprint density at radius 3 is 2.24 bits per heavy atom. The van der Waals surface area contributed by atoms with Gasteiger partial charge in [-0.25, -0.2) is 18.4 Å². The van der Waals surface area contributed by atoms with Crippen LogP contribution in [0.2, 0.25) is 0 Å². The summed E-state index contributed by atoms with van der Waals surface area (Å²) >= 11 is 0. The summed E-state index contributed by atoms with van der Waals surface area (Å²) in [6.07, 6.45) is 4.50. The Labute approximate surface area is 195 Å². The van der Waals surface area contributed by atoms with Crippen molar-refractivity contribution >= 4 is 11.5 Å². The average Bonchev–Trinajstić information content (AvgIpc) is 3.29. The summed E-state index contributed by atoms with van der Waals surface area (Å²) in [5.74, 6) is -0.0263. The van der Waals surface area contributed by atoms with E-state index in [4.69, 9.17) is 0 Å². The van der Waals surface area contributed by atoms with Crippen LogP contribution in [0.1, 0.15) is 12.1 Å². The molecule has 4 aromatic rings. The number of rotatable bonds is 5. The Kier molecular flexibility index (Phi) is 5.95. The van der Waals surface area contributed by atoms with Gasteiger partial charge in [-0.05, 0) is 72.7 Å².